The second-order valence-corrected chi connectivity index (χ2v) is 3.15. The van der Waals surface area contributed by atoms with Gasteiger partial charge in [-0.1, -0.05) is 12.1 Å². The first-order valence-electron chi connectivity index (χ1n) is 4.30. The normalized spacial score (nSPS) is 15.2. The van der Waals surface area contributed by atoms with Crippen LogP contribution in [0.1, 0.15) is 17.2 Å². The molecule has 0 radical (unpaired) electrons. The molecule has 0 aliphatic rings. The Morgan fingerprint density at radius 3 is 2.57 bits per heavy atom. The molecular weight excluding hydrogens is 187 g/mol. The monoisotopic (exact) mass is 200 g/mol. The lowest BCUT2D eigenvalue weighted by atomic mass is 9.99. The van der Waals surface area contributed by atoms with E-state index in [1.807, 2.05) is 0 Å². The summed E-state index contributed by atoms with van der Waals surface area (Å²) in [6.45, 7) is 0.953. The Morgan fingerprint density at radius 1 is 1.36 bits per heavy atom. The van der Waals surface area contributed by atoms with Gasteiger partial charge in [0.05, 0.1) is 6.61 Å². The first-order valence-corrected chi connectivity index (χ1v) is 4.30. The zero-order chi connectivity index (χ0) is 10.7. The van der Waals surface area contributed by atoms with E-state index in [4.69, 9.17) is 5.11 Å². The highest BCUT2D eigenvalue weighted by atomic mass is 19.1. The highest BCUT2D eigenvalue weighted by Crippen LogP contribution is 2.22. The van der Waals surface area contributed by atoms with E-state index in [1.54, 1.807) is 0 Å². The smallest absolute Gasteiger partial charge is 0.126 e. The van der Waals surface area contributed by atoms with E-state index >= 15 is 0 Å². The summed E-state index contributed by atoms with van der Waals surface area (Å²) >= 11 is 0. The van der Waals surface area contributed by atoms with Crippen molar-refractivity contribution < 1.29 is 19.7 Å². The third-order valence-corrected chi connectivity index (χ3v) is 2.18. The van der Waals surface area contributed by atoms with Gasteiger partial charge in [-0.25, -0.2) is 4.39 Å². The van der Waals surface area contributed by atoms with E-state index < -0.39 is 24.6 Å². The van der Waals surface area contributed by atoms with Crippen LogP contribution >= 0.6 is 0 Å². The van der Waals surface area contributed by atoms with E-state index in [0.29, 0.717) is 5.56 Å². The van der Waals surface area contributed by atoms with Crippen molar-refractivity contribution >= 4 is 0 Å². The van der Waals surface area contributed by atoms with E-state index in [2.05, 4.69) is 0 Å². The maximum absolute atomic E-state index is 13.1. The van der Waals surface area contributed by atoms with Gasteiger partial charge in [-0.2, -0.15) is 0 Å². The summed E-state index contributed by atoms with van der Waals surface area (Å²) in [5, 5.41) is 27.3. The van der Waals surface area contributed by atoms with E-state index in [0.717, 1.165) is 0 Å². The van der Waals surface area contributed by atoms with Crippen molar-refractivity contribution in [1.29, 1.82) is 0 Å². The maximum Gasteiger partial charge on any atom is 0.126 e. The topological polar surface area (TPSA) is 60.7 Å². The Kier molecular flexibility index (Phi) is 3.57. The average Bonchev–Trinajstić information content (AvgIpc) is 2.20. The zero-order valence-corrected chi connectivity index (χ0v) is 7.81. The second-order valence-electron chi connectivity index (χ2n) is 3.15. The van der Waals surface area contributed by atoms with Crippen LogP contribution in [0, 0.1) is 12.7 Å². The summed E-state index contributed by atoms with van der Waals surface area (Å²) in [6.07, 6.45) is -2.54. The summed E-state index contributed by atoms with van der Waals surface area (Å²) in [5.74, 6) is -0.438. The molecule has 3 N–H and O–H groups in total. The Hall–Kier alpha value is -0.970. The largest absolute Gasteiger partial charge is 0.394 e. The van der Waals surface area contributed by atoms with Gasteiger partial charge in [0.2, 0.25) is 0 Å². The molecule has 0 spiro atoms. The number of benzene rings is 1. The number of aliphatic hydroxyl groups excluding tert-OH is 3. The number of halogens is 1. The molecule has 0 aromatic heterocycles. The Labute approximate surface area is 81.4 Å². The molecule has 0 aliphatic heterocycles. The molecule has 0 saturated heterocycles. The molecule has 1 rings (SSSR count). The van der Waals surface area contributed by atoms with Gasteiger partial charge in [0.25, 0.3) is 0 Å². The lowest BCUT2D eigenvalue weighted by molar-refractivity contribution is -0.0156. The Balaban J connectivity index is 3.01. The fraction of sp³-hybridized carbons (Fsp3) is 0.400. The minimum absolute atomic E-state index is 0.285. The van der Waals surface area contributed by atoms with E-state index in [-0.39, 0.29) is 5.56 Å². The van der Waals surface area contributed by atoms with Crippen LogP contribution in [0.2, 0.25) is 0 Å². The second kappa shape index (κ2) is 4.50. The number of aliphatic hydroxyl groups is 3. The van der Waals surface area contributed by atoms with Crippen molar-refractivity contribution in [2.24, 2.45) is 0 Å². The lowest BCUT2D eigenvalue weighted by Crippen LogP contribution is -2.22. The van der Waals surface area contributed by atoms with Crippen LogP contribution < -0.4 is 0 Å². The molecule has 1 aromatic rings. The molecule has 0 saturated carbocycles. The standard InChI is InChI=1S/C10H13FO3/c1-6-7(3-2-4-8(6)11)10(14)9(13)5-12/h2-4,9-10,12-14H,5H2,1H3. The highest BCUT2D eigenvalue weighted by Gasteiger charge is 2.20. The molecule has 4 heteroatoms. The van der Waals surface area contributed by atoms with Crippen LogP contribution in [0.4, 0.5) is 4.39 Å². The molecule has 78 valence electrons. The fourth-order valence-corrected chi connectivity index (χ4v) is 1.25. The van der Waals surface area contributed by atoms with Gasteiger partial charge in [-0.05, 0) is 24.1 Å². The van der Waals surface area contributed by atoms with Crippen molar-refractivity contribution in [3.8, 4) is 0 Å². The van der Waals surface area contributed by atoms with Crippen molar-refractivity contribution in [1.82, 2.24) is 0 Å². The third kappa shape index (κ3) is 2.09. The summed E-state index contributed by atoms with van der Waals surface area (Å²) in [5.41, 5.74) is 0.582. The van der Waals surface area contributed by atoms with Gasteiger partial charge in [0, 0.05) is 0 Å². The number of hydrogen-bond acceptors (Lipinski definition) is 3. The first-order chi connectivity index (χ1) is 6.57. The van der Waals surface area contributed by atoms with Gasteiger partial charge in [0.1, 0.15) is 18.0 Å². The van der Waals surface area contributed by atoms with Crippen molar-refractivity contribution in [3.05, 3.63) is 35.1 Å². The van der Waals surface area contributed by atoms with E-state index in [1.165, 1.54) is 25.1 Å². The molecule has 2 unspecified atom stereocenters. The summed E-state index contributed by atoms with van der Waals surface area (Å²) in [4.78, 5) is 0. The highest BCUT2D eigenvalue weighted by molar-refractivity contribution is 5.29. The molecule has 1 aromatic carbocycles. The van der Waals surface area contributed by atoms with Crippen molar-refractivity contribution in [2.75, 3.05) is 6.61 Å². The molecule has 0 aliphatic carbocycles. The van der Waals surface area contributed by atoms with Crippen LogP contribution in [0.5, 0.6) is 0 Å². The Morgan fingerprint density at radius 2 is 2.00 bits per heavy atom. The van der Waals surface area contributed by atoms with Crippen molar-refractivity contribution in [2.45, 2.75) is 19.1 Å². The predicted molar refractivity (Wildman–Crippen MR) is 49.2 cm³/mol. The minimum Gasteiger partial charge on any atom is -0.394 e. The van der Waals surface area contributed by atoms with Gasteiger partial charge < -0.3 is 15.3 Å². The predicted octanol–water partition coefficient (Wildman–Crippen LogP) is 0.521. The minimum atomic E-state index is -1.28. The van der Waals surface area contributed by atoms with Crippen LogP contribution in [0.15, 0.2) is 18.2 Å². The number of hydrogen-bond donors (Lipinski definition) is 3. The third-order valence-electron chi connectivity index (χ3n) is 2.18. The molecule has 0 amide bonds. The molecular formula is C10H13FO3. The quantitative estimate of drug-likeness (QED) is 0.666. The summed E-state index contributed by atoms with van der Waals surface area (Å²) < 4.78 is 13.1. The molecule has 2 atom stereocenters. The van der Waals surface area contributed by atoms with Gasteiger partial charge in [0.15, 0.2) is 0 Å². The molecule has 14 heavy (non-hydrogen) atoms. The summed E-state index contributed by atoms with van der Waals surface area (Å²) in [6, 6.07) is 4.24. The van der Waals surface area contributed by atoms with Crippen LogP contribution in [0.3, 0.4) is 0 Å². The van der Waals surface area contributed by atoms with Crippen LogP contribution in [0.25, 0.3) is 0 Å². The zero-order valence-electron chi connectivity index (χ0n) is 7.81. The van der Waals surface area contributed by atoms with Gasteiger partial charge in [-0.3, -0.25) is 0 Å². The Bertz CT molecular complexity index is 314. The first kappa shape index (κ1) is 11.1. The molecule has 0 heterocycles. The maximum atomic E-state index is 13.1. The SMILES string of the molecule is Cc1c(F)cccc1C(O)C(O)CO. The lowest BCUT2D eigenvalue weighted by Gasteiger charge is -2.17. The van der Waals surface area contributed by atoms with Gasteiger partial charge in [-0.15, -0.1) is 0 Å². The van der Waals surface area contributed by atoms with Crippen LogP contribution in [-0.2, 0) is 0 Å². The number of rotatable bonds is 3. The van der Waals surface area contributed by atoms with Crippen LogP contribution in [-0.4, -0.2) is 28.0 Å². The average molecular weight is 200 g/mol. The van der Waals surface area contributed by atoms with E-state index in [9.17, 15) is 14.6 Å². The summed E-state index contributed by atoms with van der Waals surface area (Å²) in [7, 11) is 0. The molecule has 0 fully saturated rings. The van der Waals surface area contributed by atoms with Gasteiger partial charge >= 0.3 is 0 Å². The molecule has 3 nitrogen and oxygen atoms in total. The fourth-order valence-electron chi connectivity index (χ4n) is 1.25. The molecule has 0 bridgehead atoms. The van der Waals surface area contributed by atoms with Crippen molar-refractivity contribution in [3.63, 3.8) is 0 Å².